The summed E-state index contributed by atoms with van der Waals surface area (Å²) in [5.74, 6) is -0.711. The van der Waals surface area contributed by atoms with E-state index in [2.05, 4.69) is 0 Å². The molecule has 1 atom stereocenters. The first-order chi connectivity index (χ1) is 13.6. The molecule has 2 aliphatic rings. The van der Waals surface area contributed by atoms with E-state index in [-0.39, 0.29) is 16.9 Å². The Labute approximate surface area is 181 Å². The van der Waals surface area contributed by atoms with E-state index in [1.165, 1.54) is 11.0 Å². The highest BCUT2D eigenvalue weighted by atomic mass is 28.4. The zero-order valence-corrected chi connectivity index (χ0v) is 20.5. The molecular weight excluding hydrogens is 400 g/mol. The first kappa shape index (κ1) is 23.4. The normalized spacial score (nSPS) is 24.1. The summed E-state index contributed by atoms with van der Waals surface area (Å²) in [7, 11) is -3.05. The molecule has 1 amide bonds. The summed E-state index contributed by atoms with van der Waals surface area (Å²) >= 11 is 0. The highest BCUT2D eigenvalue weighted by Crippen LogP contribution is 2.44. The zero-order chi connectivity index (χ0) is 22.7. The molecule has 0 spiro atoms. The molecule has 1 aromatic rings. The second kappa shape index (κ2) is 7.43. The molecular formula is C22H35BFNO4Si. The maximum atomic E-state index is 15.0. The number of rotatable bonds is 5. The number of carbonyl (C=O) groups excluding carboxylic acids is 1. The SMILES string of the molecule is CC1(C)OB(c2ccc(N3CC[C@@H](CC(C)(C)[Si](C)(C)O)C3=O)c(F)c2)OC1(C)C. The summed E-state index contributed by atoms with van der Waals surface area (Å²) in [5.41, 5.74) is -0.100. The summed E-state index contributed by atoms with van der Waals surface area (Å²) in [5, 5.41) is -0.289. The number of amides is 1. The molecule has 3 rings (SSSR count). The minimum Gasteiger partial charge on any atom is -0.432 e. The van der Waals surface area contributed by atoms with E-state index in [1.807, 2.05) is 54.6 Å². The Balaban J connectivity index is 1.76. The van der Waals surface area contributed by atoms with E-state index >= 15 is 4.39 Å². The molecule has 2 heterocycles. The third kappa shape index (κ3) is 4.11. The average molecular weight is 435 g/mol. The van der Waals surface area contributed by atoms with Crippen molar-refractivity contribution in [2.45, 2.75) is 83.7 Å². The first-order valence-corrected chi connectivity index (χ1v) is 13.7. The van der Waals surface area contributed by atoms with E-state index in [0.29, 0.717) is 30.5 Å². The van der Waals surface area contributed by atoms with Crippen molar-refractivity contribution in [1.29, 1.82) is 0 Å². The summed E-state index contributed by atoms with van der Waals surface area (Å²) in [4.78, 5) is 25.1. The van der Waals surface area contributed by atoms with Crippen LogP contribution in [-0.2, 0) is 14.1 Å². The maximum Gasteiger partial charge on any atom is 0.494 e. The lowest BCUT2D eigenvalue weighted by Crippen LogP contribution is -2.41. The monoisotopic (exact) mass is 435 g/mol. The Morgan fingerprint density at radius 3 is 2.30 bits per heavy atom. The lowest BCUT2D eigenvalue weighted by atomic mass is 9.79. The van der Waals surface area contributed by atoms with Gasteiger partial charge in [-0.05, 0) is 76.3 Å². The van der Waals surface area contributed by atoms with Gasteiger partial charge in [-0.15, -0.1) is 0 Å². The largest absolute Gasteiger partial charge is 0.494 e. The van der Waals surface area contributed by atoms with Crippen LogP contribution in [0.1, 0.15) is 54.4 Å². The second-order valence-electron chi connectivity index (χ2n) is 10.9. The second-order valence-corrected chi connectivity index (χ2v) is 15.4. The summed E-state index contributed by atoms with van der Waals surface area (Å²) < 4.78 is 27.0. The van der Waals surface area contributed by atoms with Gasteiger partial charge in [-0.2, -0.15) is 0 Å². The molecule has 0 radical (unpaired) electrons. The van der Waals surface area contributed by atoms with E-state index < -0.39 is 32.5 Å². The fourth-order valence-corrected chi connectivity index (χ4v) is 4.65. The maximum absolute atomic E-state index is 15.0. The third-order valence-corrected chi connectivity index (χ3v) is 11.0. The molecule has 8 heteroatoms. The van der Waals surface area contributed by atoms with Crippen molar-refractivity contribution in [1.82, 2.24) is 0 Å². The van der Waals surface area contributed by atoms with Gasteiger partial charge >= 0.3 is 7.12 Å². The molecule has 5 nitrogen and oxygen atoms in total. The van der Waals surface area contributed by atoms with Crippen LogP contribution in [0.25, 0.3) is 0 Å². The van der Waals surface area contributed by atoms with E-state index in [1.54, 1.807) is 12.1 Å². The van der Waals surface area contributed by atoms with Crippen LogP contribution in [0.3, 0.4) is 0 Å². The highest BCUT2D eigenvalue weighted by Gasteiger charge is 2.52. The van der Waals surface area contributed by atoms with Gasteiger partial charge in [0.2, 0.25) is 5.91 Å². The Bertz CT molecular complexity index is 821. The Kier molecular flexibility index (Phi) is 5.81. The zero-order valence-electron chi connectivity index (χ0n) is 19.5. The number of nitrogens with zero attached hydrogens (tertiary/aromatic N) is 1. The minimum atomic E-state index is -2.41. The highest BCUT2D eigenvalue weighted by molar-refractivity contribution is 6.72. The van der Waals surface area contributed by atoms with Gasteiger partial charge in [0.25, 0.3) is 0 Å². The summed E-state index contributed by atoms with van der Waals surface area (Å²) in [6, 6.07) is 4.83. The number of hydrogen-bond acceptors (Lipinski definition) is 4. The van der Waals surface area contributed by atoms with Crippen LogP contribution in [0.4, 0.5) is 10.1 Å². The molecule has 0 aliphatic carbocycles. The van der Waals surface area contributed by atoms with Crippen LogP contribution in [0.2, 0.25) is 18.1 Å². The minimum absolute atomic E-state index is 0.0661. The summed E-state index contributed by atoms with van der Waals surface area (Å²) in [6.45, 7) is 16.2. The van der Waals surface area contributed by atoms with Gasteiger partial charge in [-0.1, -0.05) is 19.9 Å². The average Bonchev–Trinajstić information content (AvgIpc) is 3.03. The number of halogens is 1. The molecule has 0 unspecified atom stereocenters. The van der Waals surface area contributed by atoms with E-state index in [4.69, 9.17) is 9.31 Å². The molecule has 2 aliphatic heterocycles. The van der Waals surface area contributed by atoms with Gasteiger partial charge < -0.3 is 19.0 Å². The molecule has 0 bridgehead atoms. The molecule has 0 aromatic heterocycles. The van der Waals surface area contributed by atoms with Crippen LogP contribution in [0, 0.1) is 11.7 Å². The topological polar surface area (TPSA) is 59.0 Å². The third-order valence-electron chi connectivity index (χ3n) is 7.52. The Morgan fingerprint density at radius 2 is 1.80 bits per heavy atom. The van der Waals surface area contributed by atoms with Gasteiger partial charge in [0.15, 0.2) is 8.32 Å². The van der Waals surface area contributed by atoms with E-state index in [9.17, 15) is 9.59 Å². The van der Waals surface area contributed by atoms with Gasteiger partial charge in [0, 0.05) is 12.5 Å². The number of benzene rings is 1. The molecule has 30 heavy (non-hydrogen) atoms. The fraction of sp³-hybridized carbons (Fsp3) is 0.682. The van der Waals surface area contributed by atoms with Crippen molar-refractivity contribution < 1.29 is 23.3 Å². The molecule has 1 N–H and O–H groups in total. The molecule has 1 aromatic carbocycles. The predicted octanol–water partition coefficient (Wildman–Crippen LogP) is 3.85. The Hall–Kier alpha value is -1.22. The van der Waals surface area contributed by atoms with E-state index in [0.717, 1.165) is 0 Å². The number of carbonyl (C=O) groups is 1. The van der Waals surface area contributed by atoms with Crippen molar-refractivity contribution in [3.05, 3.63) is 24.0 Å². The van der Waals surface area contributed by atoms with Crippen LogP contribution < -0.4 is 10.4 Å². The standard InChI is InChI=1S/C22H35BFNO4Si/c1-20(2,30(7,8)27)14-15-11-12-25(19(15)26)18-10-9-16(13-17(18)24)23-28-21(3,4)22(5,6)29-23/h9-10,13,15,27H,11-12,14H2,1-8H3/t15-/m0/s1. The predicted molar refractivity (Wildman–Crippen MR) is 121 cm³/mol. The quantitative estimate of drug-likeness (QED) is 0.714. The van der Waals surface area contributed by atoms with Crippen LogP contribution in [0.5, 0.6) is 0 Å². The van der Waals surface area contributed by atoms with Crippen molar-refractivity contribution in [2.24, 2.45) is 5.92 Å². The molecule has 0 saturated carbocycles. The lowest BCUT2D eigenvalue weighted by Gasteiger charge is -2.36. The smallest absolute Gasteiger partial charge is 0.432 e. The van der Waals surface area contributed by atoms with Crippen molar-refractivity contribution in [3.8, 4) is 0 Å². The van der Waals surface area contributed by atoms with Gasteiger partial charge in [0.1, 0.15) is 5.82 Å². The number of anilines is 1. The van der Waals surface area contributed by atoms with Crippen LogP contribution in [0.15, 0.2) is 18.2 Å². The number of hydrogen-bond donors (Lipinski definition) is 1. The first-order valence-electron chi connectivity index (χ1n) is 10.7. The summed E-state index contributed by atoms with van der Waals surface area (Å²) in [6.07, 6.45) is 1.29. The Morgan fingerprint density at radius 1 is 1.23 bits per heavy atom. The van der Waals surface area contributed by atoms with Crippen LogP contribution >= 0.6 is 0 Å². The molecule has 166 valence electrons. The van der Waals surface area contributed by atoms with Crippen molar-refractivity contribution >= 4 is 32.5 Å². The van der Waals surface area contributed by atoms with Crippen molar-refractivity contribution in [2.75, 3.05) is 11.4 Å². The molecule has 2 saturated heterocycles. The fourth-order valence-electron chi connectivity index (χ4n) is 3.90. The van der Waals surface area contributed by atoms with Gasteiger partial charge in [-0.3, -0.25) is 4.79 Å². The van der Waals surface area contributed by atoms with Crippen LogP contribution in [-0.4, -0.2) is 43.9 Å². The van der Waals surface area contributed by atoms with Crippen molar-refractivity contribution in [3.63, 3.8) is 0 Å². The van der Waals surface area contributed by atoms with Gasteiger partial charge in [0.05, 0.1) is 16.9 Å². The van der Waals surface area contributed by atoms with Gasteiger partial charge in [-0.25, -0.2) is 4.39 Å². The lowest BCUT2D eigenvalue weighted by molar-refractivity contribution is -0.120. The molecule has 2 fully saturated rings.